The number of aromatic hydroxyl groups is 1. The van der Waals surface area contributed by atoms with E-state index in [1.54, 1.807) is 6.08 Å². The molecule has 0 bridgehead atoms. The van der Waals surface area contributed by atoms with Crippen molar-refractivity contribution in [3.05, 3.63) is 89.7 Å². The van der Waals surface area contributed by atoms with Crippen LogP contribution in [0.4, 0.5) is 0 Å². The van der Waals surface area contributed by atoms with Crippen LogP contribution in [0.1, 0.15) is 43.9 Å². The van der Waals surface area contributed by atoms with Gasteiger partial charge >= 0.3 is 0 Å². The van der Waals surface area contributed by atoms with Crippen LogP contribution < -0.4 is 5.56 Å². The van der Waals surface area contributed by atoms with Crippen molar-refractivity contribution in [3.8, 4) is 11.9 Å². The number of nitriles is 1. The summed E-state index contributed by atoms with van der Waals surface area (Å²) in [5, 5.41) is 22.5. The van der Waals surface area contributed by atoms with Crippen LogP contribution in [0.3, 0.4) is 0 Å². The molecule has 1 aliphatic rings. The number of aromatic nitrogens is 1. The molecule has 1 N–H and O–H groups in total. The molecule has 0 saturated carbocycles. The molecule has 1 aliphatic heterocycles. The average molecular weight is 536 g/mol. The molecule has 0 unspecified atom stereocenters. The fourth-order valence-electron chi connectivity index (χ4n) is 3.84. The maximum atomic E-state index is 13.2. The van der Waals surface area contributed by atoms with Crippen molar-refractivity contribution in [1.82, 2.24) is 9.47 Å². The molecule has 1 fully saturated rings. The third-order valence-electron chi connectivity index (χ3n) is 5.79. The zero-order valence-corrected chi connectivity index (χ0v) is 21.9. The number of pyridine rings is 1. The minimum absolute atomic E-state index is 0.00238. The van der Waals surface area contributed by atoms with E-state index in [2.05, 4.69) is 0 Å². The normalized spacial score (nSPS) is 14.5. The lowest BCUT2D eigenvalue weighted by Gasteiger charge is -2.17. The van der Waals surface area contributed by atoms with E-state index in [1.807, 2.05) is 54.8 Å². The highest BCUT2D eigenvalue weighted by atomic mass is 32.2. The second kappa shape index (κ2) is 10.6. The minimum Gasteiger partial charge on any atom is -0.494 e. The molecule has 7 nitrogen and oxygen atoms in total. The minimum atomic E-state index is -0.666. The van der Waals surface area contributed by atoms with Crippen molar-refractivity contribution in [1.29, 1.82) is 5.26 Å². The van der Waals surface area contributed by atoms with Crippen molar-refractivity contribution in [2.75, 3.05) is 6.54 Å². The highest BCUT2D eigenvalue weighted by Crippen LogP contribution is 2.34. The summed E-state index contributed by atoms with van der Waals surface area (Å²) in [6.45, 7) is 3.41. The Hall–Kier alpha value is -3.52. The summed E-state index contributed by atoms with van der Waals surface area (Å²) in [4.78, 5) is 41.8. The zero-order valence-electron chi connectivity index (χ0n) is 19.5. The predicted molar refractivity (Wildman–Crippen MR) is 145 cm³/mol. The number of aryl methyl sites for hydroxylation is 1. The first-order valence-corrected chi connectivity index (χ1v) is 13.1. The summed E-state index contributed by atoms with van der Waals surface area (Å²) in [6, 6.07) is 13.0. The standard InChI is InChI=1S/C26H21N3O4S3/c1-15-5-7-17(8-6-15)14-29-23(31)19(13-27)16(2)22(25(29)33)20(30)9-10-28-24(32)21(36-26(28)34)12-18-4-3-11-35-18/h3-8,11-12,33H,9-10,14H2,1-2H3/b21-12-. The fourth-order valence-corrected chi connectivity index (χ4v) is 5.87. The first-order chi connectivity index (χ1) is 17.2. The van der Waals surface area contributed by atoms with Crippen molar-refractivity contribution in [3.63, 3.8) is 0 Å². The lowest BCUT2D eigenvalue weighted by atomic mass is 9.99. The van der Waals surface area contributed by atoms with Crippen LogP contribution in [0.5, 0.6) is 5.88 Å². The Morgan fingerprint density at radius 3 is 2.56 bits per heavy atom. The summed E-state index contributed by atoms with van der Waals surface area (Å²) in [6.07, 6.45) is 1.63. The number of rotatable bonds is 7. The Morgan fingerprint density at radius 1 is 1.19 bits per heavy atom. The number of carbonyl (C=O) groups is 2. The summed E-state index contributed by atoms with van der Waals surface area (Å²) >= 11 is 8.02. The fraction of sp³-hybridized carbons (Fsp3) is 0.192. The van der Waals surface area contributed by atoms with Crippen LogP contribution in [0.2, 0.25) is 0 Å². The predicted octanol–water partition coefficient (Wildman–Crippen LogP) is 4.63. The molecule has 3 heterocycles. The monoisotopic (exact) mass is 535 g/mol. The Kier molecular flexibility index (Phi) is 7.54. The molecule has 182 valence electrons. The smallest absolute Gasteiger partial charge is 0.271 e. The van der Waals surface area contributed by atoms with Crippen molar-refractivity contribution in [2.24, 2.45) is 0 Å². The van der Waals surface area contributed by atoms with Crippen LogP contribution in [-0.4, -0.2) is 37.1 Å². The highest BCUT2D eigenvalue weighted by molar-refractivity contribution is 8.26. The average Bonchev–Trinajstić information content (AvgIpc) is 3.45. The van der Waals surface area contributed by atoms with Crippen molar-refractivity contribution >= 4 is 57.4 Å². The summed E-state index contributed by atoms with van der Waals surface area (Å²) in [7, 11) is 0. The molecule has 0 spiro atoms. The van der Waals surface area contributed by atoms with Gasteiger partial charge in [-0.25, -0.2) is 0 Å². The van der Waals surface area contributed by atoms with Gasteiger partial charge in [0.05, 0.1) is 17.0 Å². The number of ketones is 1. The Bertz CT molecular complexity index is 1500. The Morgan fingerprint density at radius 2 is 1.92 bits per heavy atom. The SMILES string of the molecule is Cc1ccc(Cn2c(O)c(C(=O)CCN3C(=O)/C(=C/c4cccs4)SC3=S)c(C)c(C#N)c2=O)cc1. The third kappa shape index (κ3) is 5.04. The number of thiocarbonyl (C=S) groups is 1. The summed E-state index contributed by atoms with van der Waals surface area (Å²) in [5.41, 5.74) is 0.923. The summed E-state index contributed by atoms with van der Waals surface area (Å²) < 4.78 is 1.38. The topological polar surface area (TPSA) is 103 Å². The second-order valence-corrected chi connectivity index (χ2v) is 10.9. The highest BCUT2D eigenvalue weighted by Gasteiger charge is 2.33. The molecule has 1 amide bonds. The first kappa shape index (κ1) is 25.6. The van der Waals surface area contributed by atoms with Gasteiger partial charge in [0, 0.05) is 17.8 Å². The Balaban J connectivity index is 1.59. The number of hydrogen-bond acceptors (Lipinski definition) is 8. The molecule has 0 radical (unpaired) electrons. The number of benzene rings is 1. The van der Waals surface area contributed by atoms with Gasteiger partial charge < -0.3 is 5.11 Å². The molecule has 1 aromatic carbocycles. The quantitative estimate of drug-likeness (QED) is 0.267. The zero-order chi connectivity index (χ0) is 26.0. The molecule has 4 rings (SSSR count). The lowest BCUT2D eigenvalue weighted by molar-refractivity contribution is -0.122. The van der Waals surface area contributed by atoms with Crippen LogP contribution in [0.15, 0.2) is 51.5 Å². The third-order valence-corrected chi connectivity index (χ3v) is 7.99. The molecule has 36 heavy (non-hydrogen) atoms. The number of amides is 1. The van der Waals surface area contributed by atoms with Gasteiger partial charge in [0.25, 0.3) is 11.5 Å². The van der Waals surface area contributed by atoms with Crippen LogP contribution in [0.25, 0.3) is 6.08 Å². The van der Waals surface area contributed by atoms with Gasteiger partial charge in [-0.3, -0.25) is 23.9 Å². The van der Waals surface area contributed by atoms with E-state index < -0.39 is 17.2 Å². The number of thiophene rings is 1. The van der Waals surface area contributed by atoms with E-state index in [9.17, 15) is 24.8 Å². The van der Waals surface area contributed by atoms with Crippen LogP contribution >= 0.6 is 35.3 Å². The number of thioether (sulfide) groups is 1. The maximum Gasteiger partial charge on any atom is 0.271 e. The van der Waals surface area contributed by atoms with E-state index in [0.717, 1.165) is 20.6 Å². The molecular formula is C26H21N3O4S3. The molecule has 2 aromatic heterocycles. The number of carbonyl (C=O) groups excluding carboxylic acids is 2. The van der Waals surface area contributed by atoms with Crippen LogP contribution in [-0.2, 0) is 11.3 Å². The van der Waals surface area contributed by atoms with E-state index in [4.69, 9.17) is 12.2 Å². The van der Waals surface area contributed by atoms with E-state index in [0.29, 0.717) is 9.23 Å². The van der Waals surface area contributed by atoms with Gasteiger partial charge in [0.2, 0.25) is 5.88 Å². The summed E-state index contributed by atoms with van der Waals surface area (Å²) in [5.74, 6) is -1.27. The molecule has 3 aromatic rings. The van der Waals surface area contributed by atoms with Gasteiger partial charge in [-0.15, -0.1) is 11.3 Å². The largest absolute Gasteiger partial charge is 0.494 e. The molecule has 1 saturated heterocycles. The van der Waals surface area contributed by atoms with E-state index >= 15 is 0 Å². The van der Waals surface area contributed by atoms with Gasteiger partial charge in [0.1, 0.15) is 16.0 Å². The van der Waals surface area contributed by atoms with Gasteiger partial charge in [-0.05, 0) is 42.5 Å². The second-order valence-electron chi connectivity index (χ2n) is 8.21. The first-order valence-electron chi connectivity index (χ1n) is 10.9. The van der Waals surface area contributed by atoms with E-state index in [1.165, 1.54) is 34.9 Å². The molecule has 0 atom stereocenters. The lowest BCUT2D eigenvalue weighted by Crippen LogP contribution is -2.31. The van der Waals surface area contributed by atoms with E-state index in [-0.39, 0.29) is 42.1 Å². The van der Waals surface area contributed by atoms with Gasteiger partial charge in [-0.2, -0.15) is 5.26 Å². The number of hydrogen-bond donors (Lipinski definition) is 1. The number of nitrogens with zero attached hydrogens (tertiary/aromatic N) is 3. The van der Waals surface area contributed by atoms with Gasteiger partial charge in [0.15, 0.2) is 5.78 Å². The van der Waals surface area contributed by atoms with Gasteiger partial charge in [-0.1, -0.05) is 59.9 Å². The maximum absolute atomic E-state index is 13.2. The molecular weight excluding hydrogens is 515 g/mol. The Labute approximate surface area is 221 Å². The number of Topliss-reactive ketones (excluding diaryl/α,β-unsaturated/α-hetero) is 1. The molecule has 10 heteroatoms. The van der Waals surface area contributed by atoms with Crippen LogP contribution in [0, 0.1) is 25.2 Å². The van der Waals surface area contributed by atoms with Crippen molar-refractivity contribution in [2.45, 2.75) is 26.8 Å². The van der Waals surface area contributed by atoms with Crippen molar-refractivity contribution < 1.29 is 14.7 Å². The molecule has 0 aliphatic carbocycles.